The van der Waals surface area contributed by atoms with Gasteiger partial charge in [-0.25, -0.2) is 25.9 Å². The van der Waals surface area contributed by atoms with Crippen LogP contribution in [0.3, 0.4) is 0 Å². The van der Waals surface area contributed by atoms with Gasteiger partial charge >= 0.3 is 5.51 Å². The van der Waals surface area contributed by atoms with Gasteiger partial charge in [0, 0.05) is 23.8 Å². The number of halogens is 4. The normalized spacial score (nSPS) is 26.1. The summed E-state index contributed by atoms with van der Waals surface area (Å²) in [5.74, 6) is -3.23. The van der Waals surface area contributed by atoms with E-state index in [1.807, 2.05) is 0 Å². The predicted octanol–water partition coefficient (Wildman–Crippen LogP) is 4.15. The molecule has 0 saturated heterocycles. The van der Waals surface area contributed by atoms with Crippen LogP contribution < -0.4 is 24.8 Å². The zero-order valence-corrected chi connectivity index (χ0v) is 27.1. The molecule has 47 heavy (non-hydrogen) atoms. The van der Waals surface area contributed by atoms with Crippen LogP contribution in [-0.4, -0.2) is 65.7 Å². The Labute approximate surface area is 269 Å². The highest BCUT2D eigenvalue weighted by Gasteiger charge is 2.52. The highest BCUT2D eigenvalue weighted by atomic mass is 32.2. The van der Waals surface area contributed by atoms with Crippen molar-refractivity contribution in [1.29, 1.82) is 0 Å². The van der Waals surface area contributed by atoms with Crippen molar-refractivity contribution in [2.24, 2.45) is 17.8 Å². The summed E-state index contributed by atoms with van der Waals surface area (Å²) in [5, 5.41) is 5.41. The Morgan fingerprint density at radius 2 is 1.60 bits per heavy atom. The molecule has 0 radical (unpaired) electrons. The molecule has 11 nitrogen and oxygen atoms in total. The third-order valence-corrected chi connectivity index (χ3v) is 11.3. The fourth-order valence-corrected chi connectivity index (χ4v) is 8.61. The lowest BCUT2D eigenvalue weighted by Crippen LogP contribution is -2.48. The van der Waals surface area contributed by atoms with Crippen LogP contribution in [0, 0.1) is 23.6 Å². The molecule has 2 aromatic carbocycles. The van der Waals surface area contributed by atoms with Crippen molar-refractivity contribution in [1.82, 2.24) is 10.0 Å². The van der Waals surface area contributed by atoms with Crippen LogP contribution >= 0.6 is 0 Å². The molecule has 0 heterocycles. The number of benzene rings is 2. The number of fused-ring (bicyclic) bond motifs is 2. The van der Waals surface area contributed by atoms with Gasteiger partial charge in [0.1, 0.15) is 5.75 Å². The average Bonchev–Trinajstić information content (AvgIpc) is 3.60. The second-order valence-electron chi connectivity index (χ2n) is 12.3. The van der Waals surface area contributed by atoms with Crippen molar-refractivity contribution >= 4 is 37.4 Å². The Morgan fingerprint density at radius 1 is 0.915 bits per heavy atom. The second-order valence-corrected chi connectivity index (χ2v) is 16.0. The predicted molar refractivity (Wildman–Crippen MR) is 161 cm³/mol. The molecule has 3 fully saturated rings. The summed E-state index contributed by atoms with van der Waals surface area (Å²) in [5.41, 5.74) is -5.70. The number of amides is 2. The standard InChI is InChI=1S/C30H35F4N3O8S2/c1-44-24-15-23(31)25(45-20-10-8-18(9-11-20)37-46(2,40)41)14-22(24)28(38)36-27-17-7-6-16(12-17)26(27)29(39)35-19-4-3-5-21(13-19)47(42,43)30(32,33)34/h3-5,13-18,20,26-27,37H,6-12H2,1-2H3,(H,35,39)(H,36,38)/t16-,17+,18-,20+,26+,27-/m1/s1. The van der Waals surface area contributed by atoms with E-state index >= 15 is 4.39 Å². The lowest BCUT2D eigenvalue weighted by molar-refractivity contribution is -0.122. The Morgan fingerprint density at radius 3 is 2.23 bits per heavy atom. The summed E-state index contributed by atoms with van der Waals surface area (Å²) in [6.07, 6.45) is 4.57. The van der Waals surface area contributed by atoms with Crippen LogP contribution in [0.25, 0.3) is 0 Å². The lowest BCUT2D eigenvalue weighted by Gasteiger charge is -2.31. The Bertz CT molecular complexity index is 1750. The van der Waals surface area contributed by atoms with Gasteiger partial charge in [0.2, 0.25) is 15.9 Å². The molecular formula is C30H35F4N3O8S2. The van der Waals surface area contributed by atoms with Gasteiger partial charge in [0.05, 0.1) is 35.8 Å². The number of ether oxygens (including phenoxy) is 2. The van der Waals surface area contributed by atoms with Gasteiger partial charge in [-0.05, 0) is 81.0 Å². The summed E-state index contributed by atoms with van der Waals surface area (Å²) >= 11 is 0. The lowest BCUT2D eigenvalue weighted by atomic mass is 9.83. The maximum absolute atomic E-state index is 15.0. The molecule has 5 rings (SSSR count). The molecule has 0 unspecified atom stereocenters. The van der Waals surface area contributed by atoms with E-state index in [9.17, 15) is 39.6 Å². The minimum absolute atomic E-state index is 0.0386. The van der Waals surface area contributed by atoms with Crippen LogP contribution in [0.1, 0.15) is 55.3 Å². The number of rotatable bonds is 10. The number of hydrogen-bond acceptors (Lipinski definition) is 8. The summed E-state index contributed by atoms with van der Waals surface area (Å²) in [4.78, 5) is 26.1. The number of alkyl halides is 3. The van der Waals surface area contributed by atoms with Crippen molar-refractivity contribution in [3.8, 4) is 11.5 Å². The molecule has 3 aliphatic rings. The van der Waals surface area contributed by atoms with Crippen LogP contribution in [0.4, 0.5) is 23.2 Å². The zero-order valence-electron chi connectivity index (χ0n) is 25.5. The van der Waals surface area contributed by atoms with Crippen LogP contribution in [0.2, 0.25) is 0 Å². The molecule has 2 amide bonds. The SMILES string of the molecule is COc1cc(F)c(O[C@H]2CC[C@@H](NS(C)(=O)=O)CC2)cc1C(=O)N[C@@H]1[C@H]2CC[C@H](C2)[C@@H]1C(=O)Nc1cccc(S(=O)(=O)C(F)(F)F)c1. The largest absolute Gasteiger partial charge is 0.501 e. The van der Waals surface area contributed by atoms with Crippen LogP contribution in [-0.2, 0) is 24.7 Å². The molecule has 17 heteroatoms. The topological polar surface area (TPSA) is 157 Å². The first kappa shape index (κ1) is 34.9. The highest BCUT2D eigenvalue weighted by Crippen LogP contribution is 2.49. The monoisotopic (exact) mass is 705 g/mol. The number of hydrogen-bond donors (Lipinski definition) is 3. The van der Waals surface area contributed by atoms with Crippen molar-refractivity contribution in [3.63, 3.8) is 0 Å². The number of carbonyl (C=O) groups is 2. The summed E-state index contributed by atoms with van der Waals surface area (Å²) in [6.45, 7) is 0. The molecule has 2 bridgehead atoms. The summed E-state index contributed by atoms with van der Waals surface area (Å²) in [6, 6.07) is 5.21. The molecule has 0 aliphatic heterocycles. The quantitative estimate of drug-likeness (QED) is 0.312. The van der Waals surface area contributed by atoms with Crippen LogP contribution in [0.15, 0.2) is 41.3 Å². The second kappa shape index (κ2) is 13.2. The van der Waals surface area contributed by atoms with Gasteiger partial charge in [-0.15, -0.1) is 0 Å². The molecular weight excluding hydrogens is 670 g/mol. The number of anilines is 1. The van der Waals surface area contributed by atoms with E-state index in [0.717, 1.165) is 36.9 Å². The maximum atomic E-state index is 15.0. The molecule has 258 valence electrons. The van der Waals surface area contributed by atoms with Crippen molar-refractivity contribution in [3.05, 3.63) is 47.8 Å². The van der Waals surface area contributed by atoms with Gasteiger partial charge < -0.3 is 20.1 Å². The van der Waals surface area contributed by atoms with E-state index in [1.54, 1.807) is 0 Å². The molecule has 3 saturated carbocycles. The van der Waals surface area contributed by atoms with Gasteiger partial charge in [-0.3, -0.25) is 9.59 Å². The van der Waals surface area contributed by atoms with Gasteiger partial charge in [0.15, 0.2) is 11.6 Å². The number of methoxy groups -OCH3 is 1. The van der Waals surface area contributed by atoms with E-state index in [0.29, 0.717) is 38.5 Å². The van der Waals surface area contributed by atoms with Gasteiger partial charge in [-0.1, -0.05) is 6.07 Å². The third-order valence-electron chi connectivity index (χ3n) is 9.08. The average molecular weight is 706 g/mol. The molecule has 2 aromatic rings. The van der Waals surface area contributed by atoms with Crippen molar-refractivity contribution < 1.29 is 53.5 Å². The van der Waals surface area contributed by atoms with Crippen LogP contribution in [0.5, 0.6) is 11.5 Å². The summed E-state index contributed by atoms with van der Waals surface area (Å²) < 4.78 is 115. The number of nitrogens with one attached hydrogen (secondary N) is 3. The molecule has 4 atom stereocenters. The van der Waals surface area contributed by atoms with E-state index in [-0.39, 0.29) is 40.6 Å². The maximum Gasteiger partial charge on any atom is 0.501 e. The Kier molecular flexibility index (Phi) is 9.81. The third kappa shape index (κ3) is 7.67. The van der Waals surface area contributed by atoms with E-state index in [1.165, 1.54) is 19.2 Å². The first-order chi connectivity index (χ1) is 22.0. The minimum Gasteiger partial charge on any atom is -0.496 e. The van der Waals surface area contributed by atoms with Gasteiger partial charge in [-0.2, -0.15) is 13.2 Å². The first-order valence-electron chi connectivity index (χ1n) is 15.0. The molecule has 3 N–H and O–H groups in total. The number of sulfonamides is 1. The van der Waals surface area contributed by atoms with Crippen molar-refractivity contribution in [2.75, 3.05) is 18.7 Å². The number of sulfone groups is 1. The molecule has 0 aromatic heterocycles. The molecule has 0 spiro atoms. The number of carbonyl (C=O) groups excluding carboxylic acids is 2. The van der Waals surface area contributed by atoms with E-state index < -0.39 is 66.0 Å². The fraction of sp³-hybridized carbons (Fsp3) is 0.533. The molecule has 3 aliphatic carbocycles. The summed E-state index contributed by atoms with van der Waals surface area (Å²) in [7, 11) is -7.74. The first-order valence-corrected chi connectivity index (χ1v) is 18.4. The van der Waals surface area contributed by atoms with E-state index in [4.69, 9.17) is 9.47 Å². The van der Waals surface area contributed by atoms with Gasteiger partial charge in [0.25, 0.3) is 15.7 Å². The van der Waals surface area contributed by atoms with E-state index in [2.05, 4.69) is 15.4 Å². The highest BCUT2D eigenvalue weighted by molar-refractivity contribution is 7.92. The van der Waals surface area contributed by atoms with Crippen molar-refractivity contribution in [2.45, 2.75) is 73.5 Å². The fourth-order valence-electron chi connectivity index (χ4n) is 6.96. The zero-order chi connectivity index (χ0) is 34.3. The Balaban J connectivity index is 1.30. The smallest absolute Gasteiger partial charge is 0.496 e. The Hall–Kier alpha value is -3.44. The minimum atomic E-state index is -5.63.